The number of benzene rings is 2. The van der Waals surface area contributed by atoms with Crippen LogP contribution < -0.4 is 10.2 Å². The Balaban J connectivity index is 1.88. The number of ether oxygens (including phenoxy) is 1. The van der Waals surface area contributed by atoms with Gasteiger partial charge in [-0.1, -0.05) is 23.9 Å². The van der Waals surface area contributed by atoms with Gasteiger partial charge in [0.05, 0.1) is 24.0 Å². The minimum Gasteiger partial charge on any atom is -0.453 e. The van der Waals surface area contributed by atoms with E-state index in [0.717, 1.165) is 21.5 Å². The van der Waals surface area contributed by atoms with Crippen molar-refractivity contribution in [1.29, 1.82) is 0 Å². The first-order chi connectivity index (χ1) is 12.4. The number of nitrogens with one attached hydrogen (secondary N) is 1. The molecule has 1 aliphatic heterocycles. The van der Waals surface area contributed by atoms with Crippen molar-refractivity contribution in [3.8, 4) is 0 Å². The summed E-state index contributed by atoms with van der Waals surface area (Å²) in [7, 11) is 1.28. The van der Waals surface area contributed by atoms with Crippen LogP contribution in [0.2, 0.25) is 0 Å². The first-order valence-corrected chi connectivity index (χ1v) is 8.79. The maximum Gasteiger partial charge on any atom is 0.416 e. The first-order valence-electron chi connectivity index (χ1n) is 7.97. The van der Waals surface area contributed by atoms with E-state index in [1.807, 2.05) is 29.2 Å². The third-order valence-electron chi connectivity index (χ3n) is 3.97. The van der Waals surface area contributed by atoms with Gasteiger partial charge in [0, 0.05) is 22.9 Å². The molecule has 3 rings (SSSR count). The average molecular weight is 382 g/mol. The molecule has 0 fully saturated rings. The second-order valence-corrected chi connectivity index (χ2v) is 6.76. The quantitative estimate of drug-likeness (QED) is 0.751. The Morgan fingerprint density at radius 1 is 1.15 bits per heavy atom. The molecule has 1 amide bonds. The molecule has 0 atom stereocenters. The van der Waals surface area contributed by atoms with Crippen LogP contribution in [0.15, 0.2) is 52.3 Å². The number of nitrogens with zero attached hydrogens (tertiary/aromatic N) is 1. The van der Waals surface area contributed by atoms with E-state index in [-0.39, 0.29) is 0 Å². The molecule has 1 N–H and O–H groups in total. The van der Waals surface area contributed by atoms with E-state index in [1.165, 1.54) is 31.0 Å². The lowest BCUT2D eigenvalue weighted by atomic mass is 10.1. The first kappa shape index (κ1) is 18.4. The van der Waals surface area contributed by atoms with Crippen LogP contribution in [0.25, 0.3) is 0 Å². The van der Waals surface area contributed by atoms with Crippen molar-refractivity contribution in [2.24, 2.45) is 0 Å². The summed E-state index contributed by atoms with van der Waals surface area (Å²) in [4.78, 5) is 14.8. The Bertz CT molecular complexity index is 811. The topological polar surface area (TPSA) is 41.6 Å². The summed E-state index contributed by atoms with van der Waals surface area (Å²) < 4.78 is 43.9. The standard InChI is InChI=1S/C18H17F3N2O2S/c1-25-17(24)22-9-4-10-23-13-5-2-3-6-15(13)26-16-8-7-12(11-14(16)23)18(19,20)21/h2-3,5-8,11H,4,9-10H2,1H3,(H,22,24). The van der Waals surface area contributed by atoms with Gasteiger partial charge in [-0.2, -0.15) is 13.2 Å². The molecule has 0 bridgehead atoms. The van der Waals surface area contributed by atoms with Gasteiger partial charge in [-0.15, -0.1) is 0 Å². The molecule has 0 aliphatic carbocycles. The predicted octanol–water partition coefficient (Wildman–Crippen LogP) is 5.05. The number of anilines is 2. The molecule has 0 saturated carbocycles. The summed E-state index contributed by atoms with van der Waals surface area (Å²) in [5.74, 6) is 0. The molecule has 2 aromatic rings. The summed E-state index contributed by atoms with van der Waals surface area (Å²) >= 11 is 1.45. The van der Waals surface area contributed by atoms with E-state index in [9.17, 15) is 18.0 Å². The summed E-state index contributed by atoms with van der Waals surface area (Å²) in [6.45, 7) is 0.836. The zero-order valence-electron chi connectivity index (χ0n) is 14.0. The molecule has 4 nitrogen and oxygen atoms in total. The highest BCUT2D eigenvalue weighted by atomic mass is 32.2. The molecule has 138 valence electrons. The smallest absolute Gasteiger partial charge is 0.416 e. The highest BCUT2D eigenvalue weighted by Crippen LogP contribution is 2.49. The van der Waals surface area contributed by atoms with Crippen LogP contribution in [0.5, 0.6) is 0 Å². The van der Waals surface area contributed by atoms with Crippen LogP contribution in [0, 0.1) is 0 Å². The number of carbonyl (C=O) groups excluding carboxylic acids is 1. The number of amides is 1. The summed E-state index contributed by atoms with van der Waals surface area (Å²) in [6, 6.07) is 11.4. The van der Waals surface area contributed by atoms with Crippen LogP contribution in [0.1, 0.15) is 12.0 Å². The molecule has 0 unspecified atom stereocenters. The monoisotopic (exact) mass is 382 g/mol. The van der Waals surface area contributed by atoms with Crippen molar-refractivity contribution >= 4 is 29.2 Å². The van der Waals surface area contributed by atoms with Crippen molar-refractivity contribution in [2.75, 3.05) is 25.1 Å². The fourth-order valence-corrected chi connectivity index (χ4v) is 3.82. The van der Waals surface area contributed by atoms with Crippen molar-refractivity contribution in [2.45, 2.75) is 22.4 Å². The summed E-state index contributed by atoms with van der Waals surface area (Å²) in [6.07, 6.45) is -4.36. The molecule has 0 saturated heterocycles. The van der Waals surface area contributed by atoms with Gasteiger partial charge in [0.2, 0.25) is 0 Å². The average Bonchev–Trinajstić information content (AvgIpc) is 2.62. The number of fused-ring (bicyclic) bond motifs is 2. The number of para-hydroxylation sites is 1. The molecule has 26 heavy (non-hydrogen) atoms. The minimum absolute atomic E-state index is 0.368. The van der Waals surface area contributed by atoms with Crippen LogP contribution in [-0.2, 0) is 10.9 Å². The molecule has 0 aromatic heterocycles. The molecule has 1 heterocycles. The Morgan fingerprint density at radius 3 is 2.62 bits per heavy atom. The fraction of sp³-hybridized carbons (Fsp3) is 0.278. The number of carbonyl (C=O) groups is 1. The lowest BCUT2D eigenvalue weighted by molar-refractivity contribution is -0.137. The van der Waals surface area contributed by atoms with Gasteiger partial charge in [-0.25, -0.2) is 4.79 Å². The maximum atomic E-state index is 13.1. The van der Waals surface area contributed by atoms with Gasteiger partial charge in [0.25, 0.3) is 0 Å². The molecule has 0 radical (unpaired) electrons. The largest absolute Gasteiger partial charge is 0.453 e. The Labute approximate surface area is 153 Å². The number of alkyl halides is 3. The predicted molar refractivity (Wildman–Crippen MR) is 94.0 cm³/mol. The molecule has 1 aliphatic rings. The SMILES string of the molecule is COC(=O)NCCCN1c2ccccc2Sc2ccc(C(F)(F)F)cc21. The van der Waals surface area contributed by atoms with Crippen molar-refractivity contribution in [1.82, 2.24) is 5.32 Å². The highest BCUT2D eigenvalue weighted by Gasteiger charge is 2.33. The second kappa shape index (κ2) is 7.49. The number of halogens is 3. The minimum atomic E-state index is -4.39. The fourth-order valence-electron chi connectivity index (χ4n) is 2.75. The van der Waals surface area contributed by atoms with Gasteiger partial charge in [-0.3, -0.25) is 0 Å². The normalized spacial score (nSPS) is 13.0. The van der Waals surface area contributed by atoms with E-state index in [0.29, 0.717) is 25.2 Å². The van der Waals surface area contributed by atoms with Crippen LogP contribution in [-0.4, -0.2) is 26.3 Å². The third kappa shape index (κ3) is 3.90. The van der Waals surface area contributed by atoms with Gasteiger partial charge in [-0.05, 0) is 36.8 Å². The second-order valence-electron chi connectivity index (χ2n) is 5.67. The lowest BCUT2D eigenvalue weighted by Gasteiger charge is -2.33. The van der Waals surface area contributed by atoms with Crippen LogP contribution >= 0.6 is 11.8 Å². The third-order valence-corrected chi connectivity index (χ3v) is 5.10. The highest BCUT2D eigenvalue weighted by molar-refractivity contribution is 7.99. The van der Waals surface area contributed by atoms with Crippen LogP contribution in [0.4, 0.5) is 29.3 Å². The van der Waals surface area contributed by atoms with Crippen molar-refractivity contribution in [3.63, 3.8) is 0 Å². The number of hydrogen-bond donors (Lipinski definition) is 1. The van der Waals surface area contributed by atoms with E-state index < -0.39 is 17.8 Å². The van der Waals surface area contributed by atoms with E-state index in [4.69, 9.17) is 0 Å². The number of rotatable bonds is 4. The maximum absolute atomic E-state index is 13.1. The Kier molecular flexibility index (Phi) is 5.31. The zero-order valence-corrected chi connectivity index (χ0v) is 14.8. The lowest BCUT2D eigenvalue weighted by Crippen LogP contribution is -2.29. The van der Waals surface area contributed by atoms with Crippen molar-refractivity contribution in [3.05, 3.63) is 48.0 Å². The van der Waals surface area contributed by atoms with E-state index in [2.05, 4.69) is 10.1 Å². The van der Waals surface area contributed by atoms with Crippen LogP contribution in [0.3, 0.4) is 0 Å². The number of alkyl carbamates (subject to hydrolysis) is 1. The van der Waals surface area contributed by atoms with E-state index in [1.54, 1.807) is 0 Å². The Hall–Kier alpha value is -2.35. The van der Waals surface area contributed by atoms with Gasteiger partial charge < -0.3 is 15.0 Å². The molecule has 0 spiro atoms. The van der Waals surface area contributed by atoms with Gasteiger partial charge in [0.15, 0.2) is 0 Å². The van der Waals surface area contributed by atoms with Crippen molar-refractivity contribution < 1.29 is 22.7 Å². The van der Waals surface area contributed by atoms with Gasteiger partial charge >= 0.3 is 12.3 Å². The Morgan fingerprint density at radius 2 is 1.88 bits per heavy atom. The molecule has 2 aromatic carbocycles. The molecule has 8 heteroatoms. The number of methoxy groups -OCH3 is 1. The zero-order chi connectivity index (χ0) is 18.7. The van der Waals surface area contributed by atoms with E-state index >= 15 is 0 Å². The van der Waals surface area contributed by atoms with Gasteiger partial charge in [0.1, 0.15) is 0 Å². The summed E-state index contributed by atoms with van der Waals surface area (Å²) in [5.41, 5.74) is 0.720. The summed E-state index contributed by atoms with van der Waals surface area (Å²) in [5, 5.41) is 2.58. The number of hydrogen-bond acceptors (Lipinski definition) is 4. The molecular formula is C18H17F3N2O2S. The molecular weight excluding hydrogens is 365 g/mol.